The molecular weight excluding hydrogens is 316 g/mol. The Hall–Kier alpha value is -0.650. The standard InChI is InChI=1S/C20H34N2O3/c1-15-13-22(14-20(15,24)17-3-2-4-17)19(23)16-5-9-21(10-6-16)18-7-11-25-12-8-18/h15-18,24H,2-14H2,1H3. The molecule has 1 amide bonds. The first-order valence-corrected chi connectivity index (χ1v) is 10.4. The van der Waals surface area contributed by atoms with Crippen molar-refractivity contribution in [2.24, 2.45) is 17.8 Å². The summed E-state index contributed by atoms with van der Waals surface area (Å²) in [6.07, 6.45) is 7.72. The lowest BCUT2D eigenvalue weighted by molar-refractivity contribution is -0.138. The Bertz CT molecular complexity index is 481. The second-order valence-corrected chi connectivity index (χ2v) is 8.89. The number of amides is 1. The number of likely N-dealkylation sites (tertiary alicyclic amines) is 2. The summed E-state index contributed by atoms with van der Waals surface area (Å²) >= 11 is 0. The Morgan fingerprint density at radius 2 is 1.76 bits per heavy atom. The highest BCUT2D eigenvalue weighted by molar-refractivity contribution is 5.79. The van der Waals surface area contributed by atoms with Gasteiger partial charge in [-0.1, -0.05) is 13.3 Å². The summed E-state index contributed by atoms with van der Waals surface area (Å²) in [5.74, 6) is 1.08. The van der Waals surface area contributed by atoms with Gasteiger partial charge in [0.1, 0.15) is 0 Å². The minimum Gasteiger partial charge on any atom is -0.387 e. The molecule has 2 atom stereocenters. The van der Waals surface area contributed by atoms with Gasteiger partial charge in [-0.2, -0.15) is 0 Å². The average Bonchev–Trinajstić information content (AvgIpc) is 2.89. The van der Waals surface area contributed by atoms with Crippen molar-refractivity contribution < 1.29 is 14.6 Å². The van der Waals surface area contributed by atoms with Crippen molar-refractivity contribution in [2.75, 3.05) is 39.4 Å². The zero-order valence-electron chi connectivity index (χ0n) is 15.7. The van der Waals surface area contributed by atoms with Crippen molar-refractivity contribution >= 4 is 5.91 Å². The van der Waals surface area contributed by atoms with Crippen LogP contribution in [-0.4, -0.2) is 71.8 Å². The minimum absolute atomic E-state index is 0.159. The van der Waals surface area contributed by atoms with Crippen LogP contribution in [0.3, 0.4) is 0 Å². The van der Waals surface area contributed by atoms with E-state index in [1.807, 2.05) is 4.90 Å². The summed E-state index contributed by atoms with van der Waals surface area (Å²) in [4.78, 5) is 17.6. The highest BCUT2D eigenvalue weighted by Gasteiger charge is 2.51. The fourth-order valence-electron chi connectivity index (χ4n) is 5.44. The number of ether oxygens (including phenoxy) is 1. The number of nitrogens with zero attached hydrogens (tertiary/aromatic N) is 2. The van der Waals surface area contributed by atoms with Gasteiger partial charge in [0.05, 0.1) is 5.60 Å². The molecule has 3 heterocycles. The van der Waals surface area contributed by atoms with Gasteiger partial charge in [-0.3, -0.25) is 4.79 Å². The number of piperidine rings is 1. The van der Waals surface area contributed by atoms with Gasteiger partial charge in [0.2, 0.25) is 5.91 Å². The van der Waals surface area contributed by atoms with Gasteiger partial charge >= 0.3 is 0 Å². The predicted octanol–water partition coefficient (Wildman–Crippen LogP) is 1.89. The number of carbonyl (C=O) groups excluding carboxylic acids is 1. The van der Waals surface area contributed by atoms with Crippen LogP contribution in [0.5, 0.6) is 0 Å². The minimum atomic E-state index is -0.628. The molecule has 1 saturated carbocycles. The lowest BCUT2D eigenvalue weighted by atomic mass is 9.69. The fourth-order valence-corrected chi connectivity index (χ4v) is 5.44. The molecule has 4 fully saturated rings. The topological polar surface area (TPSA) is 53.0 Å². The maximum atomic E-state index is 13.0. The summed E-state index contributed by atoms with van der Waals surface area (Å²) in [5.41, 5.74) is -0.628. The van der Waals surface area contributed by atoms with Crippen LogP contribution in [0, 0.1) is 17.8 Å². The van der Waals surface area contributed by atoms with Crippen molar-refractivity contribution in [2.45, 2.75) is 63.5 Å². The second-order valence-electron chi connectivity index (χ2n) is 8.89. The van der Waals surface area contributed by atoms with Crippen LogP contribution in [0.1, 0.15) is 51.9 Å². The second kappa shape index (κ2) is 7.16. The van der Waals surface area contributed by atoms with E-state index in [0.29, 0.717) is 24.4 Å². The molecule has 3 aliphatic heterocycles. The van der Waals surface area contributed by atoms with E-state index in [-0.39, 0.29) is 11.8 Å². The van der Waals surface area contributed by atoms with Crippen LogP contribution in [0.4, 0.5) is 0 Å². The lowest BCUT2D eigenvalue weighted by Gasteiger charge is -2.41. The van der Waals surface area contributed by atoms with E-state index in [4.69, 9.17) is 4.74 Å². The molecule has 3 saturated heterocycles. The van der Waals surface area contributed by atoms with E-state index in [2.05, 4.69) is 11.8 Å². The zero-order chi connectivity index (χ0) is 17.4. The van der Waals surface area contributed by atoms with Crippen molar-refractivity contribution in [3.05, 3.63) is 0 Å². The first-order chi connectivity index (χ1) is 12.1. The highest BCUT2D eigenvalue weighted by atomic mass is 16.5. The Morgan fingerprint density at radius 3 is 2.36 bits per heavy atom. The summed E-state index contributed by atoms with van der Waals surface area (Å²) < 4.78 is 5.47. The van der Waals surface area contributed by atoms with Crippen molar-refractivity contribution in [3.8, 4) is 0 Å². The van der Waals surface area contributed by atoms with Crippen LogP contribution >= 0.6 is 0 Å². The molecule has 0 aromatic rings. The molecule has 0 radical (unpaired) electrons. The SMILES string of the molecule is CC1CN(C(=O)C2CCN(C3CCOCC3)CC2)CC1(O)C1CCC1. The van der Waals surface area contributed by atoms with Crippen LogP contribution in [-0.2, 0) is 9.53 Å². The van der Waals surface area contributed by atoms with E-state index in [1.165, 1.54) is 6.42 Å². The van der Waals surface area contributed by atoms with Crippen molar-refractivity contribution in [1.82, 2.24) is 9.80 Å². The average molecular weight is 351 g/mol. The molecular formula is C20H34N2O3. The fraction of sp³-hybridized carbons (Fsp3) is 0.950. The quantitative estimate of drug-likeness (QED) is 0.844. The normalized spacial score (nSPS) is 36.6. The summed E-state index contributed by atoms with van der Waals surface area (Å²) in [6.45, 7) is 7.28. The van der Waals surface area contributed by atoms with Gasteiger partial charge in [-0.25, -0.2) is 0 Å². The third-order valence-corrected chi connectivity index (χ3v) is 7.50. The third-order valence-electron chi connectivity index (χ3n) is 7.50. The highest BCUT2D eigenvalue weighted by Crippen LogP contribution is 2.44. The molecule has 5 nitrogen and oxygen atoms in total. The lowest BCUT2D eigenvalue weighted by Crippen LogP contribution is -2.49. The zero-order valence-corrected chi connectivity index (χ0v) is 15.7. The first kappa shape index (κ1) is 17.7. The molecule has 4 rings (SSSR count). The molecule has 142 valence electrons. The molecule has 5 heteroatoms. The summed E-state index contributed by atoms with van der Waals surface area (Å²) in [6, 6.07) is 0.653. The van der Waals surface area contributed by atoms with Crippen molar-refractivity contribution in [3.63, 3.8) is 0 Å². The first-order valence-electron chi connectivity index (χ1n) is 10.4. The van der Waals surface area contributed by atoms with Gasteiger partial charge in [0.25, 0.3) is 0 Å². The monoisotopic (exact) mass is 350 g/mol. The van der Waals surface area contributed by atoms with E-state index in [0.717, 1.165) is 71.4 Å². The summed E-state index contributed by atoms with van der Waals surface area (Å²) in [7, 11) is 0. The van der Waals surface area contributed by atoms with Gasteiger partial charge in [-0.15, -0.1) is 0 Å². The van der Waals surface area contributed by atoms with Crippen LogP contribution in [0.25, 0.3) is 0 Å². The van der Waals surface area contributed by atoms with Gasteiger partial charge in [0.15, 0.2) is 0 Å². The molecule has 25 heavy (non-hydrogen) atoms. The van der Waals surface area contributed by atoms with E-state index < -0.39 is 5.60 Å². The number of hydrogen-bond acceptors (Lipinski definition) is 4. The molecule has 0 bridgehead atoms. The van der Waals surface area contributed by atoms with Crippen LogP contribution in [0.2, 0.25) is 0 Å². The number of rotatable bonds is 3. The van der Waals surface area contributed by atoms with Crippen LogP contribution in [0.15, 0.2) is 0 Å². The molecule has 2 unspecified atom stereocenters. The van der Waals surface area contributed by atoms with Gasteiger partial charge in [-0.05, 0) is 57.5 Å². The van der Waals surface area contributed by atoms with Crippen molar-refractivity contribution in [1.29, 1.82) is 0 Å². The molecule has 0 aromatic heterocycles. The maximum Gasteiger partial charge on any atom is 0.225 e. The predicted molar refractivity (Wildman–Crippen MR) is 96.2 cm³/mol. The van der Waals surface area contributed by atoms with Gasteiger partial charge in [0, 0.05) is 44.2 Å². The molecule has 0 spiro atoms. The molecule has 1 N–H and O–H groups in total. The largest absolute Gasteiger partial charge is 0.387 e. The Balaban J connectivity index is 1.30. The Kier molecular flexibility index (Phi) is 5.09. The Labute approximate surface area is 151 Å². The van der Waals surface area contributed by atoms with E-state index in [9.17, 15) is 9.90 Å². The number of aliphatic hydroxyl groups is 1. The van der Waals surface area contributed by atoms with E-state index >= 15 is 0 Å². The molecule has 0 aromatic carbocycles. The smallest absolute Gasteiger partial charge is 0.225 e. The summed E-state index contributed by atoms with van der Waals surface area (Å²) in [5, 5.41) is 11.1. The molecule has 1 aliphatic carbocycles. The Morgan fingerprint density at radius 1 is 1.08 bits per heavy atom. The number of hydrogen-bond donors (Lipinski definition) is 1. The van der Waals surface area contributed by atoms with E-state index in [1.54, 1.807) is 0 Å². The molecule has 4 aliphatic rings. The number of carbonyl (C=O) groups is 1. The number of β-amino-alcohol motifs (C(OH)–C–C–N with tert-alkyl or cyclic N) is 1. The van der Waals surface area contributed by atoms with Gasteiger partial charge < -0.3 is 19.6 Å². The van der Waals surface area contributed by atoms with Crippen LogP contribution < -0.4 is 0 Å². The maximum absolute atomic E-state index is 13.0. The third kappa shape index (κ3) is 3.35.